The molecule has 0 spiro atoms. The van der Waals surface area contributed by atoms with Crippen molar-refractivity contribution in [3.05, 3.63) is 34.1 Å². The van der Waals surface area contributed by atoms with E-state index in [0.29, 0.717) is 6.07 Å². The van der Waals surface area contributed by atoms with E-state index in [-0.39, 0.29) is 17.1 Å². The second-order valence-electron chi connectivity index (χ2n) is 3.66. The first-order valence-electron chi connectivity index (χ1n) is 4.87. The fraction of sp³-hybridized carbons (Fsp3) is 0.100. The van der Waals surface area contributed by atoms with Gasteiger partial charge in [0, 0.05) is 13.1 Å². The lowest BCUT2D eigenvalue weighted by atomic mass is 10.1. The summed E-state index contributed by atoms with van der Waals surface area (Å²) in [5, 5.41) is 24.3. The Morgan fingerprint density at radius 1 is 1.50 bits per heavy atom. The van der Waals surface area contributed by atoms with Gasteiger partial charge in [0.15, 0.2) is 0 Å². The zero-order chi connectivity index (χ0) is 13.4. The van der Waals surface area contributed by atoms with Crippen LogP contribution in [0.15, 0.2) is 18.2 Å². The van der Waals surface area contributed by atoms with Gasteiger partial charge in [-0.05, 0) is 6.07 Å². The molecule has 7 nitrogen and oxygen atoms in total. The number of nitro benzene ring substituents is 1. The van der Waals surface area contributed by atoms with Crippen molar-refractivity contribution in [3.8, 4) is 17.0 Å². The number of nitrogens with zero attached hydrogens (tertiary/aromatic N) is 3. The Kier molecular flexibility index (Phi) is 2.62. The first-order chi connectivity index (χ1) is 8.40. The maximum atomic E-state index is 13.3. The molecule has 0 aliphatic heterocycles. The molecule has 3 N–H and O–H groups in total. The summed E-state index contributed by atoms with van der Waals surface area (Å²) in [6, 6.07) is 2.99. The summed E-state index contributed by atoms with van der Waals surface area (Å²) in [5.41, 5.74) is 4.93. The number of phenolic OH excluding ortho intramolecular Hbond substituents is 1. The highest BCUT2D eigenvalue weighted by molar-refractivity contribution is 5.74. The van der Waals surface area contributed by atoms with Crippen LogP contribution in [0.25, 0.3) is 11.3 Å². The highest BCUT2D eigenvalue weighted by Crippen LogP contribution is 2.37. The molecule has 1 aromatic heterocycles. The number of rotatable bonds is 2. The van der Waals surface area contributed by atoms with E-state index in [0.717, 1.165) is 6.07 Å². The van der Waals surface area contributed by atoms with Crippen molar-refractivity contribution >= 4 is 11.5 Å². The van der Waals surface area contributed by atoms with E-state index in [1.54, 1.807) is 7.05 Å². The van der Waals surface area contributed by atoms with Crippen molar-refractivity contribution in [2.75, 3.05) is 5.73 Å². The van der Waals surface area contributed by atoms with Crippen LogP contribution in [-0.2, 0) is 7.05 Å². The van der Waals surface area contributed by atoms with Crippen LogP contribution >= 0.6 is 0 Å². The van der Waals surface area contributed by atoms with Gasteiger partial charge in [0.25, 0.3) is 0 Å². The second kappa shape index (κ2) is 3.99. The Balaban J connectivity index is 2.67. The molecule has 0 unspecified atom stereocenters. The smallest absolute Gasteiger partial charge is 0.314 e. The van der Waals surface area contributed by atoms with E-state index in [4.69, 9.17) is 5.73 Å². The van der Waals surface area contributed by atoms with Gasteiger partial charge in [-0.1, -0.05) is 0 Å². The van der Waals surface area contributed by atoms with Gasteiger partial charge in [0.1, 0.15) is 11.6 Å². The van der Waals surface area contributed by atoms with Crippen LogP contribution in [0.5, 0.6) is 5.75 Å². The standard InChI is InChI=1S/C10H9FN4O3/c1-14-9(12)4-7(13-14)6-2-5(11)3-8(10(6)16)15(17)18/h2-4,16H,12H2,1H3. The molecule has 1 aromatic carbocycles. The average molecular weight is 252 g/mol. The minimum atomic E-state index is -0.867. The molecule has 8 heteroatoms. The van der Waals surface area contributed by atoms with E-state index < -0.39 is 22.2 Å². The van der Waals surface area contributed by atoms with Crippen LogP contribution in [0.2, 0.25) is 0 Å². The third-order valence-corrected chi connectivity index (χ3v) is 2.44. The Morgan fingerprint density at radius 3 is 2.67 bits per heavy atom. The first-order valence-corrected chi connectivity index (χ1v) is 4.87. The van der Waals surface area contributed by atoms with Crippen molar-refractivity contribution in [1.29, 1.82) is 0 Å². The molecule has 0 fully saturated rings. The monoisotopic (exact) mass is 252 g/mol. The van der Waals surface area contributed by atoms with Crippen molar-refractivity contribution in [1.82, 2.24) is 9.78 Å². The topological polar surface area (TPSA) is 107 Å². The van der Waals surface area contributed by atoms with Gasteiger partial charge < -0.3 is 10.8 Å². The molecule has 2 aromatic rings. The summed E-state index contributed by atoms with van der Waals surface area (Å²) in [7, 11) is 1.56. The van der Waals surface area contributed by atoms with E-state index >= 15 is 0 Å². The predicted octanol–water partition coefficient (Wildman–Crippen LogP) is 1.42. The quantitative estimate of drug-likeness (QED) is 0.620. The molecule has 94 valence electrons. The van der Waals surface area contributed by atoms with Crippen molar-refractivity contribution in [2.45, 2.75) is 0 Å². The number of aromatic nitrogens is 2. The van der Waals surface area contributed by atoms with Crippen LogP contribution < -0.4 is 5.73 Å². The van der Waals surface area contributed by atoms with Crippen molar-refractivity contribution < 1.29 is 14.4 Å². The molecule has 0 aliphatic carbocycles. The molecule has 0 amide bonds. The number of benzene rings is 1. The van der Waals surface area contributed by atoms with Crippen LogP contribution in [0.1, 0.15) is 0 Å². The van der Waals surface area contributed by atoms with Gasteiger partial charge in [0.2, 0.25) is 5.75 Å². The first kappa shape index (κ1) is 11.8. The van der Waals surface area contributed by atoms with Gasteiger partial charge in [-0.15, -0.1) is 0 Å². The third kappa shape index (κ3) is 1.83. The number of phenols is 1. The second-order valence-corrected chi connectivity index (χ2v) is 3.66. The average Bonchev–Trinajstić information content (AvgIpc) is 2.61. The van der Waals surface area contributed by atoms with Gasteiger partial charge in [-0.2, -0.15) is 5.10 Å². The minimum absolute atomic E-state index is 0.0750. The molecule has 0 radical (unpaired) electrons. The molecular weight excluding hydrogens is 243 g/mol. The number of aromatic hydroxyl groups is 1. The summed E-state index contributed by atoms with van der Waals surface area (Å²) in [6.07, 6.45) is 0. The predicted molar refractivity (Wildman–Crippen MR) is 61.3 cm³/mol. The Hall–Kier alpha value is -2.64. The van der Waals surface area contributed by atoms with Crippen LogP contribution in [-0.4, -0.2) is 19.8 Å². The third-order valence-electron chi connectivity index (χ3n) is 2.44. The summed E-state index contributed by atoms with van der Waals surface area (Å²) in [4.78, 5) is 9.79. The lowest BCUT2D eigenvalue weighted by Crippen LogP contribution is -1.97. The van der Waals surface area contributed by atoms with Crippen LogP contribution in [0.3, 0.4) is 0 Å². The molecule has 0 atom stereocenters. The Bertz CT molecular complexity index is 619. The summed E-state index contributed by atoms with van der Waals surface area (Å²) >= 11 is 0. The Labute approximate surface area is 100 Å². The summed E-state index contributed by atoms with van der Waals surface area (Å²) in [5.74, 6) is -1.19. The molecule has 1 heterocycles. The molecule has 0 bridgehead atoms. The number of nitro groups is 1. The number of nitrogens with two attached hydrogens (primary N) is 1. The lowest BCUT2D eigenvalue weighted by Gasteiger charge is -2.02. The number of nitrogen functional groups attached to an aromatic ring is 1. The van der Waals surface area contributed by atoms with Gasteiger partial charge in [0.05, 0.1) is 22.2 Å². The van der Waals surface area contributed by atoms with Crippen LogP contribution in [0, 0.1) is 15.9 Å². The molecule has 0 saturated carbocycles. The molecule has 0 saturated heterocycles. The zero-order valence-corrected chi connectivity index (χ0v) is 9.29. The summed E-state index contributed by atoms with van der Waals surface area (Å²) < 4.78 is 14.6. The SMILES string of the molecule is Cn1nc(-c2cc(F)cc([N+](=O)[O-])c2O)cc1N. The molecule has 18 heavy (non-hydrogen) atoms. The van der Waals surface area contributed by atoms with E-state index in [1.807, 2.05) is 0 Å². The normalized spacial score (nSPS) is 10.6. The zero-order valence-electron chi connectivity index (χ0n) is 9.29. The Morgan fingerprint density at radius 2 is 2.17 bits per heavy atom. The number of halogens is 1. The van der Waals surface area contributed by atoms with Gasteiger partial charge in [-0.25, -0.2) is 4.39 Å². The lowest BCUT2D eigenvalue weighted by molar-refractivity contribution is -0.386. The van der Waals surface area contributed by atoms with Gasteiger partial charge >= 0.3 is 5.69 Å². The van der Waals surface area contributed by atoms with Crippen molar-refractivity contribution in [3.63, 3.8) is 0 Å². The highest BCUT2D eigenvalue weighted by Gasteiger charge is 2.22. The number of anilines is 1. The fourth-order valence-corrected chi connectivity index (χ4v) is 1.53. The number of hydrogen-bond donors (Lipinski definition) is 2. The van der Waals surface area contributed by atoms with Crippen molar-refractivity contribution in [2.24, 2.45) is 7.05 Å². The van der Waals surface area contributed by atoms with E-state index in [1.165, 1.54) is 10.7 Å². The van der Waals surface area contributed by atoms with Gasteiger partial charge in [-0.3, -0.25) is 14.8 Å². The van der Waals surface area contributed by atoms with Crippen LogP contribution in [0.4, 0.5) is 15.9 Å². The summed E-state index contributed by atoms with van der Waals surface area (Å²) in [6.45, 7) is 0. The largest absolute Gasteiger partial charge is 0.502 e. The number of aryl methyl sites for hydroxylation is 1. The highest BCUT2D eigenvalue weighted by atomic mass is 19.1. The minimum Gasteiger partial charge on any atom is -0.502 e. The molecular formula is C10H9FN4O3. The van der Waals surface area contributed by atoms with E-state index in [9.17, 15) is 19.6 Å². The molecule has 2 rings (SSSR count). The molecule has 0 aliphatic rings. The maximum Gasteiger partial charge on any atom is 0.314 e. The maximum absolute atomic E-state index is 13.3. The fourth-order valence-electron chi connectivity index (χ4n) is 1.53. The number of hydrogen-bond acceptors (Lipinski definition) is 5. The van der Waals surface area contributed by atoms with E-state index in [2.05, 4.69) is 5.10 Å².